The molecule has 15 heavy (non-hydrogen) atoms. The molecule has 1 saturated heterocycles. The largest absolute Gasteiger partial charge is 0.449 e. The highest BCUT2D eigenvalue weighted by atomic mass is 16.5. The number of alkyl carbamates (subject to hydrolysis) is 1. The van der Waals surface area contributed by atoms with E-state index in [2.05, 4.69) is 10.6 Å². The van der Waals surface area contributed by atoms with Crippen LogP contribution in [0.15, 0.2) is 0 Å². The lowest BCUT2D eigenvalue weighted by atomic mass is 10.1. The van der Waals surface area contributed by atoms with E-state index < -0.39 is 0 Å². The van der Waals surface area contributed by atoms with Gasteiger partial charge in [-0.3, -0.25) is 0 Å². The van der Waals surface area contributed by atoms with Gasteiger partial charge >= 0.3 is 6.09 Å². The quantitative estimate of drug-likeness (QED) is 0.740. The molecule has 1 atom stereocenters. The number of amides is 1. The molecule has 0 aromatic carbocycles. The first-order valence-corrected chi connectivity index (χ1v) is 5.98. The normalized spacial score (nSPS) is 26.8. The molecule has 0 bridgehead atoms. The van der Waals surface area contributed by atoms with Crippen molar-refractivity contribution in [2.24, 2.45) is 5.92 Å². The predicted octanol–water partition coefficient (Wildman–Crippen LogP) is 1.26. The Hall–Kier alpha value is -0.770. The molecule has 2 aliphatic rings. The van der Waals surface area contributed by atoms with Crippen molar-refractivity contribution < 1.29 is 9.53 Å². The molecule has 1 saturated carbocycles. The average molecular weight is 212 g/mol. The summed E-state index contributed by atoms with van der Waals surface area (Å²) in [7, 11) is 0. The highest BCUT2D eigenvalue weighted by molar-refractivity contribution is 5.67. The van der Waals surface area contributed by atoms with Crippen LogP contribution in [0.1, 0.15) is 32.1 Å². The summed E-state index contributed by atoms with van der Waals surface area (Å²) >= 11 is 0. The molecular weight excluding hydrogens is 192 g/mol. The summed E-state index contributed by atoms with van der Waals surface area (Å²) in [4.78, 5) is 11.4. The van der Waals surface area contributed by atoms with Gasteiger partial charge in [-0.15, -0.1) is 0 Å². The van der Waals surface area contributed by atoms with Crippen molar-refractivity contribution in [3.05, 3.63) is 0 Å². The molecule has 1 unspecified atom stereocenters. The minimum absolute atomic E-state index is 0.240. The number of carbonyl (C=O) groups is 1. The van der Waals surface area contributed by atoms with Crippen molar-refractivity contribution in [1.82, 2.24) is 10.6 Å². The van der Waals surface area contributed by atoms with Crippen molar-refractivity contribution >= 4 is 6.09 Å². The van der Waals surface area contributed by atoms with Crippen LogP contribution in [0, 0.1) is 5.92 Å². The monoisotopic (exact) mass is 212 g/mol. The van der Waals surface area contributed by atoms with Crippen LogP contribution in [0.5, 0.6) is 0 Å². The fourth-order valence-electron chi connectivity index (χ4n) is 2.36. The summed E-state index contributed by atoms with van der Waals surface area (Å²) in [6.07, 6.45) is 5.80. The summed E-state index contributed by atoms with van der Waals surface area (Å²) in [6.45, 7) is 2.47. The van der Waals surface area contributed by atoms with Gasteiger partial charge in [0.25, 0.3) is 0 Å². The Morgan fingerprint density at radius 3 is 2.80 bits per heavy atom. The van der Waals surface area contributed by atoms with Crippen LogP contribution in [0.4, 0.5) is 4.79 Å². The maximum atomic E-state index is 11.4. The van der Waals surface area contributed by atoms with E-state index in [1.807, 2.05) is 0 Å². The molecule has 1 aliphatic carbocycles. The van der Waals surface area contributed by atoms with E-state index >= 15 is 0 Å². The topological polar surface area (TPSA) is 50.4 Å². The van der Waals surface area contributed by atoms with Crippen LogP contribution < -0.4 is 10.6 Å². The maximum Gasteiger partial charge on any atom is 0.407 e. The molecule has 4 heteroatoms. The summed E-state index contributed by atoms with van der Waals surface area (Å²) < 4.78 is 5.21. The van der Waals surface area contributed by atoms with E-state index in [-0.39, 0.29) is 12.1 Å². The van der Waals surface area contributed by atoms with E-state index in [0.717, 1.165) is 19.5 Å². The van der Waals surface area contributed by atoms with Crippen molar-refractivity contribution in [2.45, 2.75) is 38.1 Å². The fourth-order valence-corrected chi connectivity index (χ4v) is 2.36. The second-order valence-corrected chi connectivity index (χ2v) is 4.58. The minimum atomic E-state index is -0.240. The highest BCUT2D eigenvalue weighted by Crippen LogP contribution is 2.24. The molecule has 4 nitrogen and oxygen atoms in total. The van der Waals surface area contributed by atoms with Gasteiger partial charge in [-0.05, 0) is 31.7 Å². The Kier molecular flexibility index (Phi) is 3.83. The van der Waals surface area contributed by atoms with E-state index in [0.29, 0.717) is 12.5 Å². The van der Waals surface area contributed by atoms with Gasteiger partial charge in [0.1, 0.15) is 0 Å². The van der Waals surface area contributed by atoms with E-state index in [1.54, 1.807) is 0 Å². The van der Waals surface area contributed by atoms with Crippen LogP contribution in [0.25, 0.3) is 0 Å². The third-order valence-corrected chi connectivity index (χ3v) is 3.31. The van der Waals surface area contributed by atoms with E-state index in [9.17, 15) is 4.79 Å². The predicted molar refractivity (Wildman–Crippen MR) is 57.7 cm³/mol. The number of nitrogens with one attached hydrogen (secondary N) is 2. The van der Waals surface area contributed by atoms with Gasteiger partial charge in [0.15, 0.2) is 0 Å². The Morgan fingerprint density at radius 1 is 1.33 bits per heavy atom. The number of ether oxygens (including phenoxy) is 1. The Bertz CT molecular complexity index is 209. The molecular formula is C11H20N2O2. The lowest BCUT2D eigenvalue weighted by Crippen LogP contribution is -2.37. The lowest BCUT2D eigenvalue weighted by Gasteiger charge is -2.13. The second kappa shape index (κ2) is 5.35. The zero-order chi connectivity index (χ0) is 10.5. The van der Waals surface area contributed by atoms with Gasteiger partial charge in [0.05, 0.1) is 6.61 Å². The third-order valence-electron chi connectivity index (χ3n) is 3.31. The Morgan fingerprint density at radius 2 is 2.13 bits per heavy atom. The summed E-state index contributed by atoms with van der Waals surface area (Å²) in [5, 5.41) is 6.08. The van der Waals surface area contributed by atoms with Gasteiger partial charge < -0.3 is 15.4 Å². The fraction of sp³-hybridized carbons (Fsp3) is 0.909. The molecule has 0 spiro atoms. The van der Waals surface area contributed by atoms with Gasteiger partial charge in [-0.2, -0.15) is 0 Å². The van der Waals surface area contributed by atoms with Crippen LogP contribution in [0.3, 0.4) is 0 Å². The Labute approximate surface area is 90.8 Å². The molecule has 2 N–H and O–H groups in total. The zero-order valence-electron chi connectivity index (χ0n) is 9.13. The summed E-state index contributed by atoms with van der Waals surface area (Å²) in [6, 6.07) is 0.265. The SMILES string of the molecule is O=C(NC1CCNC1)OCC1CCCC1. The molecule has 2 rings (SSSR count). The van der Waals surface area contributed by atoms with Crippen molar-refractivity contribution in [3.8, 4) is 0 Å². The van der Waals surface area contributed by atoms with Gasteiger partial charge in [0.2, 0.25) is 0 Å². The van der Waals surface area contributed by atoms with E-state index in [1.165, 1.54) is 25.7 Å². The van der Waals surface area contributed by atoms with Crippen molar-refractivity contribution in [3.63, 3.8) is 0 Å². The smallest absolute Gasteiger partial charge is 0.407 e. The number of hydrogen-bond acceptors (Lipinski definition) is 3. The molecule has 86 valence electrons. The average Bonchev–Trinajstić information content (AvgIpc) is 2.86. The second-order valence-electron chi connectivity index (χ2n) is 4.58. The molecule has 0 radical (unpaired) electrons. The molecule has 2 fully saturated rings. The van der Waals surface area contributed by atoms with Crippen molar-refractivity contribution in [2.75, 3.05) is 19.7 Å². The summed E-state index contributed by atoms with van der Waals surface area (Å²) in [5.41, 5.74) is 0. The van der Waals surface area contributed by atoms with Crippen LogP contribution in [-0.4, -0.2) is 31.8 Å². The molecule has 0 aromatic heterocycles. The highest BCUT2D eigenvalue weighted by Gasteiger charge is 2.20. The molecule has 0 aromatic rings. The van der Waals surface area contributed by atoms with E-state index in [4.69, 9.17) is 4.74 Å². The molecule has 1 amide bonds. The first-order chi connectivity index (χ1) is 7.34. The molecule has 1 aliphatic heterocycles. The number of hydrogen-bond donors (Lipinski definition) is 2. The van der Waals surface area contributed by atoms with Gasteiger partial charge in [-0.25, -0.2) is 4.79 Å². The third kappa shape index (κ3) is 3.38. The Balaban J connectivity index is 1.59. The van der Waals surface area contributed by atoms with Gasteiger partial charge in [0, 0.05) is 12.6 Å². The lowest BCUT2D eigenvalue weighted by molar-refractivity contribution is 0.125. The maximum absolute atomic E-state index is 11.4. The summed E-state index contributed by atoms with van der Waals surface area (Å²) in [5.74, 6) is 0.609. The van der Waals surface area contributed by atoms with Gasteiger partial charge in [-0.1, -0.05) is 12.8 Å². The van der Waals surface area contributed by atoms with Crippen molar-refractivity contribution in [1.29, 1.82) is 0 Å². The standard InChI is InChI=1S/C11H20N2O2/c14-11(13-10-5-6-12-7-10)15-8-9-3-1-2-4-9/h9-10,12H,1-8H2,(H,13,14). The molecule has 1 heterocycles. The van der Waals surface area contributed by atoms with Crippen LogP contribution >= 0.6 is 0 Å². The van der Waals surface area contributed by atoms with Crippen LogP contribution in [0.2, 0.25) is 0 Å². The minimum Gasteiger partial charge on any atom is -0.449 e. The first-order valence-electron chi connectivity index (χ1n) is 5.98. The number of carbonyl (C=O) groups excluding carboxylic acids is 1. The van der Waals surface area contributed by atoms with Crippen LogP contribution in [-0.2, 0) is 4.74 Å². The first kappa shape index (κ1) is 10.7. The zero-order valence-corrected chi connectivity index (χ0v) is 9.13. The number of rotatable bonds is 3.